The van der Waals surface area contributed by atoms with Crippen molar-refractivity contribution < 1.29 is 14.6 Å². The molecule has 5 heteroatoms. The van der Waals surface area contributed by atoms with E-state index in [1.807, 2.05) is 6.92 Å². The Morgan fingerprint density at radius 2 is 2.32 bits per heavy atom. The smallest absolute Gasteiger partial charge is 0.225 e. The molecule has 19 heavy (non-hydrogen) atoms. The van der Waals surface area contributed by atoms with E-state index >= 15 is 0 Å². The number of halogens is 1. The molecule has 0 aromatic heterocycles. The van der Waals surface area contributed by atoms with Crippen LogP contribution in [-0.4, -0.2) is 30.3 Å². The fraction of sp³-hybridized carbons (Fsp3) is 0.500. The van der Waals surface area contributed by atoms with E-state index in [1.54, 1.807) is 24.3 Å². The third-order valence-corrected chi connectivity index (χ3v) is 3.79. The SMILES string of the molecule is CC1OCCC1C(=O)NCC(O)c1ccccc1Cl. The highest BCUT2D eigenvalue weighted by Crippen LogP contribution is 2.23. The number of benzene rings is 1. The Hall–Kier alpha value is -1.10. The number of aliphatic hydroxyl groups is 1. The van der Waals surface area contributed by atoms with E-state index in [1.165, 1.54) is 0 Å². The lowest BCUT2D eigenvalue weighted by Crippen LogP contribution is -2.36. The molecule has 3 atom stereocenters. The van der Waals surface area contributed by atoms with Crippen molar-refractivity contribution in [3.8, 4) is 0 Å². The normalized spacial score (nSPS) is 24.2. The number of carbonyl (C=O) groups is 1. The van der Waals surface area contributed by atoms with Crippen LogP contribution in [0.3, 0.4) is 0 Å². The lowest BCUT2D eigenvalue weighted by atomic mass is 10.0. The Bertz CT molecular complexity index is 452. The largest absolute Gasteiger partial charge is 0.387 e. The number of amides is 1. The Kier molecular flexibility index (Phi) is 4.80. The zero-order chi connectivity index (χ0) is 13.8. The first-order valence-corrected chi connectivity index (χ1v) is 6.79. The number of hydrogen-bond acceptors (Lipinski definition) is 3. The molecular formula is C14H18ClNO3. The van der Waals surface area contributed by atoms with Gasteiger partial charge in [-0.2, -0.15) is 0 Å². The van der Waals surface area contributed by atoms with Crippen molar-refractivity contribution in [1.82, 2.24) is 5.32 Å². The van der Waals surface area contributed by atoms with Crippen LogP contribution in [0.2, 0.25) is 5.02 Å². The molecule has 2 rings (SSSR count). The van der Waals surface area contributed by atoms with E-state index in [0.717, 1.165) is 6.42 Å². The molecule has 1 aliphatic heterocycles. The van der Waals surface area contributed by atoms with Crippen LogP contribution in [0.5, 0.6) is 0 Å². The average molecular weight is 284 g/mol. The molecule has 2 N–H and O–H groups in total. The summed E-state index contributed by atoms with van der Waals surface area (Å²) in [5.41, 5.74) is 0.625. The standard InChI is InChI=1S/C14H18ClNO3/c1-9-10(6-7-19-9)14(18)16-8-13(17)11-4-2-3-5-12(11)15/h2-5,9-10,13,17H,6-8H2,1H3,(H,16,18). The Balaban J connectivity index is 1.88. The summed E-state index contributed by atoms with van der Waals surface area (Å²) in [5, 5.41) is 13.3. The van der Waals surface area contributed by atoms with Crippen LogP contribution in [0.1, 0.15) is 25.0 Å². The predicted molar refractivity (Wildman–Crippen MR) is 72.9 cm³/mol. The van der Waals surface area contributed by atoms with Gasteiger partial charge in [-0.3, -0.25) is 4.79 Å². The molecule has 1 aromatic rings. The van der Waals surface area contributed by atoms with Gasteiger partial charge in [0.1, 0.15) is 0 Å². The van der Waals surface area contributed by atoms with Gasteiger partial charge in [0.15, 0.2) is 0 Å². The van der Waals surface area contributed by atoms with Gasteiger partial charge in [-0.05, 0) is 19.4 Å². The molecule has 0 radical (unpaired) electrons. The molecule has 3 unspecified atom stereocenters. The van der Waals surface area contributed by atoms with E-state index in [2.05, 4.69) is 5.32 Å². The number of rotatable bonds is 4. The van der Waals surface area contributed by atoms with Crippen LogP contribution in [-0.2, 0) is 9.53 Å². The minimum absolute atomic E-state index is 0.0579. The average Bonchev–Trinajstić information content (AvgIpc) is 2.82. The highest BCUT2D eigenvalue weighted by Gasteiger charge is 2.30. The summed E-state index contributed by atoms with van der Waals surface area (Å²) >= 11 is 5.99. The molecule has 4 nitrogen and oxygen atoms in total. The first-order chi connectivity index (χ1) is 9.09. The molecule has 0 saturated carbocycles. The van der Waals surface area contributed by atoms with Crippen LogP contribution in [0.15, 0.2) is 24.3 Å². The minimum Gasteiger partial charge on any atom is -0.387 e. The first-order valence-electron chi connectivity index (χ1n) is 6.41. The van der Waals surface area contributed by atoms with Gasteiger partial charge < -0.3 is 15.2 Å². The van der Waals surface area contributed by atoms with E-state index in [9.17, 15) is 9.90 Å². The van der Waals surface area contributed by atoms with Crippen molar-refractivity contribution in [1.29, 1.82) is 0 Å². The summed E-state index contributed by atoms with van der Waals surface area (Å²) in [4.78, 5) is 11.9. The van der Waals surface area contributed by atoms with Crippen molar-refractivity contribution in [3.05, 3.63) is 34.9 Å². The van der Waals surface area contributed by atoms with Crippen LogP contribution in [0, 0.1) is 5.92 Å². The maximum absolute atomic E-state index is 11.9. The zero-order valence-corrected chi connectivity index (χ0v) is 11.6. The fourth-order valence-corrected chi connectivity index (χ4v) is 2.52. The third-order valence-electron chi connectivity index (χ3n) is 3.45. The fourth-order valence-electron chi connectivity index (χ4n) is 2.26. The Labute approximate surface area is 117 Å². The van der Waals surface area contributed by atoms with Gasteiger partial charge in [0.05, 0.1) is 18.1 Å². The third kappa shape index (κ3) is 3.47. The van der Waals surface area contributed by atoms with Crippen molar-refractivity contribution >= 4 is 17.5 Å². The van der Waals surface area contributed by atoms with Gasteiger partial charge >= 0.3 is 0 Å². The molecule has 104 valence electrons. The van der Waals surface area contributed by atoms with Gasteiger partial charge in [0.2, 0.25) is 5.91 Å². The van der Waals surface area contributed by atoms with Crippen LogP contribution < -0.4 is 5.32 Å². The predicted octanol–water partition coefficient (Wildman–Crippen LogP) is 1.91. The van der Waals surface area contributed by atoms with Crippen molar-refractivity contribution in [2.24, 2.45) is 5.92 Å². The lowest BCUT2D eigenvalue weighted by Gasteiger charge is -2.17. The molecule has 1 heterocycles. The molecule has 1 aromatic carbocycles. The summed E-state index contributed by atoms with van der Waals surface area (Å²) in [5.74, 6) is -0.199. The van der Waals surface area contributed by atoms with Crippen LogP contribution in [0.4, 0.5) is 0 Å². The van der Waals surface area contributed by atoms with E-state index < -0.39 is 6.10 Å². The maximum Gasteiger partial charge on any atom is 0.225 e. The van der Waals surface area contributed by atoms with E-state index in [-0.39, 0.29) is 24.5 Å². The molecule has 1 saturated heterocycles. The zero-order valence-electron chi connectivity index (χ0n) is 10.8. The molecule has 0 bridgehead atoms. The number of hydrogen-bond donors (Lipinski definition) is 2. The summed E-state index contributed by atoms with van der Waals surface area (Å²) in [7, 11) is 0. The summed E-state index contributed by atoms with van der Waals surface area (Å²) in [6, 6.07) is 7.07. The van der Waals surface area contributed by atoms with Crippen LogP contribution >= 0.6 is 11.6 Å². The summed E-state index contributed by atoms with van der Waals surface area (Å²) < 4.78 is 5.35. The quantitative estimate of drug-likeness (QED) is 0.887. The number of ether oxygens (including phenoxy) is 1. The number of carbonyl (C=O) groups excluding carboxylic acids is 1. The maximum atomic E-state index is 11.9. The summed E-state index contributed by atoms with van der Waals surface area (Å²) in [6.45, 7) is 2.67. The first kappa shape index (κ1) is 14.3. The second-order valence-electron chi connectivity index (χ2n) is 4.75. The van der Waals surface area contributed by atoms with Gasteiger partial charge in [0, 0.05) is 23.7 Å². The Morgan fingerprint density at radius 1 is 1.58 bits per heavy atom. The van der Waals surface area contributed by atoms with Gasteiger partial charge in [-0.25, -0.2) is 0 Å². The van der Waals surface area contributed by atoms with Crippen LogP contribution in [0.25, 0.3) is 0 Å². The summed E-state index contributed by atoms with van der Waals surface area (Å²) in [6.07, 6.45) is -0.123. The highest BCUT2D eigenvalue weighted by atomic mass is 35.5. The monoisotopic (exact) mass is 283 g/mol. The minimum atomic E-state index is -0.796. The molecule has 0 aliphatic carbocycles. The van der Waals surface area contributed by atoms with E-state index in [0.29, 0.717) is 17.2 Å². The molecule has 0 spiro atoms. The lowest BCUT2D eigenvalue weighted by molar-refractivity contribution is -0.126. The van der Waals surface area contributed by atoms with Gasteiger partial charge in [-0.1, -0.05) is 29.8 Å². The molecule has 1 aliphatic rings. The second kappa shape index (κ2) is 6.37. The van der Waals surface area contributed by atoms with Crippen molar-refractivity contribution in [2.75, 3.05) is 13.2 Å². The van der Waals surface area contributed by atoms with Gasteiger partial charge in [0.25, 0.3) is 0 Å². The van der Waals surface area contributed by atoms with E-state index in [4.69, 9.17) is 16.3 Å². The second-order valence-corrected chi connectivity index (χ2v) is 5.16. The highest BCUT2D eigenvalue weighted by molar-refractivity contribution is 6.31. The van der Waals surface area contributed by atoms with Gasteiger partial charge in [-0.15, -0.1) is 0 Å². The Morgan fingerprint density at radius 3 is 2.95 bits per heavy atom. The molecule has 1 fully saturated rings. The van der Waals surface area contributed by atoms with Crippen molar-refractivity contribution in [3.63, 3.8) is 0 Å². The number of aliphatic hydroxyl groups excluding tert-OH is 1. The van der Waals surface area contributed by atoms with Crippen molar-refractivity contribution in [2.45, 2.75) is 25.6 Å². The number of nitrogens with one attached hydrogen (secondary N) is 1. The molecule has 1 amide bonds. The topological polar surface area (TPSA) is 58.6 Å². The molecular weight excluding hydrogens is 266 g/mol.